The number of hydrogen-bond acceptors (Lipinski definition) is 4. The van der Waals surface area contributed by atoms with E-state index in [1.807, 2.05) is 0 Å². The molecule has 0 atom stereocenters. The lowest BCUT2D eigenvalue weighted by Crippen LogP contribution is -2.27. The van der Waals surface area contributed by atoms with E-state index in [0.717, 1.165) is 0 Å². The Morgan fingerprint density at radius 2 is 1.78 bits per heavy atom. The van der Waals surface area contributed by atoms with Crippen molar-refractivity contribution in [2.45, 2.75) is 0 Å². The Labute approximate surface area is 115 Å². The monoisotopic (exact) mass is 281 g/mol. The molecule has 0 unspecified atom stereocenters. The van der Waals surface area contributed by atoms with E-state index >= 15 is 0 Å². The third kappa shape index (κ3) is 2.18. The summed E-state index contributed by atoms with van der Waals surface area (Å²) in [6.45, 7) is 0. The average Bonchev–Trinajstić information content (AvgIpc) is 2.41. The van der Waals surface area contributed by atoms with Crippen molar-refractivity contribution in [1.82, 2.24) is 5.32 Å². The Morgan fingerprint density at radius 1 is 1.17 bits per heavy atom. The number of allylic oxidation sites excluding steroid dienone is 2. The smallest absolute Gasteiger partial charge is 0.210 e. The van der Waals surface area contributed by atoms with E-state index < -0.39 is 0 Å². The number of thioether (sulfide) groups is 1. The van der Waals surface area contributed by atoms with Gasteiger partial charge in [-0.3, -0.25) is 9.59 Å². The van der Waals surface area contributed by atoms with Crippen molar-refractivity contribution in [3.05, 3.63) is 46.0 Å². The minimum absolute atomic E-state index is 0.107. The summed E-state index contributed by atoms with van der Waals surface area (Å²) in [4.78, 5) is 25.0. The number of benzene rings is 1. The van der Waals surface area contributed by atoms with Crippen LogP contribution >= 0.6 is 23.4 Å². The van der Waals surface area contributed by atoms with Crippen LogP contribution < -0.4 is 5.32 Å². The van der Waals surface area contributed by atoms with Crippen molar-refractivity contribution < 1.29 is 9.59 Å². The quantitative estimate of drug-likeness (QED) is 0.861. The van der Waals surface area contributed by atoms with Gasteiger partial charge in [-0.1, -0.05) is 24.3 Å². The van der Waals surface area contributed by atoms with Crippen molar-refractivity contribution in [3.63, 3.8) is 0 Å². The van der Waals surface area contributed by atoms with E-state index in [1.54, 1.807) is 31.3 Å². The maximum absolute atomic E-state index is 12.3. The summed E-state index contributed by atoms with van der Waals surface area (Å²) in [6, 6.07) is 6.88. The molecule has 0 aliphatic heterocycles. The summed E-state index contributed by atoms with van der Waals surface area (Å²) in [6.07, 6.45) is 0. The molecular weight excluding hydrogens is 270 g/mol. The first-order chi connectivity index (χ1) is 8.70. The fourth-order valence-corrected chi connectivity index (χ4v) is 2.95. The Morgan fingerprint density at radius 3 is 2.33 bits per heavy atom. The second-order valence-corrected chi connectivity index (χ2v) is 5.18. The van der Waals surface area contributed by atoms with Crippen LogP contribution in [0.15, 0.2) is 34.9 Å². The zero-order valence-corrected chi connectivity index (χ0v) is 11.4. The van der Waals surface area contributed by atoms with Gasteiger partial charge in [-0.2, -0.15) is 0 Å². The molecule has 1 aromatic rings. The minimum Gasteiger partial charge on any atom is -0.384 e. The van der Waals surface area contributed by atoms with Crippen LogP contribution in [0.4, 0.5) is 0 Å². The van der Waals surface area contributed by atoms with Crippen LogP contribution in [0.1, 0.15) is 20.7 Å². The lowest BCUT2D eigenvalue weighted by molar-refractivity contribution is 0.0976. The molecule has 0 fully saturated rings. The molecule has 0 spiro atoms. The van der Waals surface area contributed by atoms with Gasteiger partial charge < -0.3 is 5.32 Å². The molecule has 0 amide bonds. The van der Waals surface area contributed by atoms with Gasteiger partial charge in [0.05, 0.1) is 4.91 Å². The average molecular weight is 282 g/mol. The number of carbonyl (C=O) groups is 2. The highest BCUT2D eigenvalue weighted by Crippen LogP contribution is 2.31. The molecule has 1 aromatic carbocycles. The van der Waals surface area contributed by atoms with Gasteiger partial charge in [0.25, 0.3) is 0 Å². The van der Waals surface area contributed by atoms with Crippen molar-refractivity contribution in [3.8, 4) is 0 Å². The lowest BCUT2D eigenvalue weighted by Gasteiger charge is -2.19. The molecule has 0 heterocycles. The highest BCUT2D eigenvalue weighted by atomic mass is 35.5. The maximum atomic E-state index is 12.3. The first kappa shape index (κ1) is 13.2. The van der Waals surface area contributed by atoms with Crippen LogP contribution in [-0.2, 0) is 0 Å². The van der Waals surface area contributed by atoms with Crippen molar-refractivity contribution in [2.75, 3.05) is 18.7 Å². The summed E-state index contributed by atoms with van der Waals surface area (Å²) in [7, 11) is 1.65. The molecular formula is C13H12ClNO2S. The van der Waals surface area contributed by atoms with E-state index in [2.05, 4.69) is 5.32 Å². The van der Waals surface area contributed by atoms with Gasteiger partial charge in [-0.05, 0) is 0 Å². The SMILES string of the molecule is CNC1=C(SCCCl)C(=O)c2ccccc2C1=O. The van der Waals surface area contributed by atoms with Gasteiger partial charge in [-0.15, -0.1) is 23.4 Å². The molecule has 1 N–H and O–H groups in total. The topological polar surface area (TPSA) is 46.2 Å². The summed E-state index contributed by atoms with van der Waals surface area (Å²) >= 11 is 6.96. The van der Waals surface area contributed by atoms with Crippen LogP contribution in [0.5, 0.6) is 0 Å². The van der Waals surface area contributed by atoms with E-state index in [-0.39, 0.29) is 11.6 Å². The number of ketones is 2. The lowest BCUT2D eigenvalue weighted by atomic mass is 9.92. The second kappa shape index (κ2) is 5.59. The first-order valence-corrected chi connectivity index (χ1v) is 7.02. The fraction of sp³-hybridized carbons (Fsp3) is 0.231. The minimum atomic E-state index is -0.134. The Kier molecular flexibility index (Phi) is 4.09. The number of hydrogen-bond donors (Lipinski definition) is 1. The number of alkyl halides is 1. The van der Waals surface area contributed by atoms with E-state index in [1.165, 1.54) is 11.8 Å². The standard InChI is InChI=1S/C13H12ClNO2S/c1-15-10-11(16)8-4-2-3-5-9(8)12(17)13(10)18-7-6-14/h2-5,15H,6-7H2,1H3. The molecule has 18 heavy (non-hydrogen) atoms. The first-order valence-electron chi connectivity index (χ1n) is 5.50. The summed E-state index contributed by atoms with van der Waals surface area (Å²) in [5, 5.41) is 2.83. The van der Waals surface area contributed by atoms with Gasteiger partial charge in [0.2, 0.25) is 11.6 Å². The third-order valence-corrected chi connectivity index (χ3v) is 4.15. The molecule has 1 aliphatic rings. The highest BCUT2D eigenvalue weighted by Gasteiger charge is 2.31. The van der Waals surface area contributed by atoms with Gasteiger partial charge in [0.15, 0.2) is 0 Å². The van der Waals surface area contributed by atoms with Crippen LogP contribution in [0.25, 0.3) is 0 Å². The largest absolute Gasteiger partial charge is 0.384 e. The Balaban J connectivity index is 2.50. The van der Waals surface area contributed by atoms with E-state index in [0.29, 0.717) is 33.4 Å². The van der Waals surface area contributed by atoms with Crippen LogP contribution in [-0.4, -0.2) is 30.2 Å². The zero-order chi connectivity index (χ0) is 13.1. The number of Topliss-reactive ketones (excluding diaryl/α,β-unsaturated/α-hetero) is 2. The molecule has 3 nitrogen and oxygen atoms in total. The molecule has 5 heteroatoms. The Hall–Kier alpha value is -1.26. The highest BCUT2D eigenvalue weighted by molar-refractivity contribution is 8.04. The number of halogens is 1. The molecule has 94 valence electrons. The molecule has 2 rings (SSSR count). The zero-order valence-electron chi connectivity index (χ0n) is 9.83. The van der Waals surface area contributed by atoms with Crippen LogP contribution in [0.3, 0.4) is 0 Å². The number of fused-ring (bicyclic) bond motifs is 1. The van der Waals surface area contributed by atoms with Crippen molar-refractivity contribution in [1.29, 1.82) is 0 Å². The molecule has 0 bridgehead atoms. The number of likely N-dealkylation sites (N-methyl/N-ethyl adjacent to an activating group) is 1. The fourth-order valence-electron chi connectivity index (χ4n) is 1.86. The predicted octanol–water partition coefficient (Wildman–Crippen LogP) is 2.47. The van der Waals surface area contributed by atoms with Crippen LogP contribution in [0.2, 0.25) is 0 Å². The van der Waals surface area contributed by atoms with Crippen LogP contribution in [0, 0.1) is 0 Å². The molecule has 0 aromatic heterocycles. The summed E-state index contributed by atoms with van der Waals surface area (Å²) < 4.78 is 0. The third-order valence-electron chi connectivity index (χ3n) is 2.65. The number of carbonyl (C=O) groups excluding carboxylic acids is 2. The normalized spacial score (nSPS) is 14.8. The van der Waals surface area contributed by atoms with Gasteiger partial charge in [0.1, 0.15) is 5.70 Å². The molecule has 0 radical (unpaired) electrons. The molecule has 0 saturated carbocycles. The summed E-state index contributed by atoms with van der Waals surface area (Å²) in [5.74, 6) is 0.798. The number of nitrogens with one attached hydrogen (secondary N) is 1. The summed E-state index contributed by atoms with van der Waals surface area (Å²) in [5.41, 5.74) is 1.30. The van der Waals surface area contributed by atoms with Crippen molar-refractivity contribution >= 4 is 34.9 Å². The predicted molar refractivity (Wildman–Crippen MR) is 74.4 cm³/mol. The van der Waals surface area contributed by atoms with Gasteiger partial charge >= 0.3 is 0 Å². The van der Waals surface area contributed by atoms with Gasteiger partial charge in [-0.25, -0.2) is 0 Å². The van der Waals surface area contributed by atoms with E-state index in [9.17, 15) is 9.59 Å². The van der Waals surface area contributed by atoms with Gasteiger partial charge in [0, 0.05) is 29.8 Å². The second-order valence-electron chi connectivity index (χ2n) is 3.70. The number of rotatable bonds is 4. The molecule has 1 aliphatic carbocycles. The molecule has 0 saturated heterocycles. The van der Waals surface area contributed by atoms with E-state index in [4.69, 9.17) is 11.6 Å². The van der Waals surface area contributed by atoms with Crippen molar-refractivity contribution in [2.24, 2.45) is 0 Å². The maximum Gasteiger partial charge on any atom is 0.210 e. The Bertz CT molecular complexity index is 540.